The van der Waals surface area contributed by atoms with Gasteiger partial charge in [-0.1, -0.05) is 13.8 Å². The van der Waals surface area contributed by atoms with Crippen LogP contribution in [0, 0.1) is 5.92 Å². The van der Waals surface area contributed by atoms with Crippen LogP contribution in [0.4, 0.5) is 0 Å². The van der Waals surface area contributed by atoms with Crippen LogP contribution >= 0.6 is 11.8 Å². The van der Waals surface area contributed by atoms with Gasteiger partial charge in [0.2, 0.25) is 0 Å². The minimum absolute atomic E-state index is 0.700. The molecule has 0 radical (unpaired) electrons. The van der Waals surface area contributed by atoms with Gasteiger partial charge in [0, 0.05) is 6.42 Å². The maximum Gasteiger partial charge on any atom is 0.150 e. The van der Waals surface area contributed by atoms with E-state index in [0.29, 0.717) is 6.54 Å². The molecule has 1 rings (SSSR count). The minimum atomic E-state index is 0.700. The number of nitrogens with zero attached hydrogens (tertiary/aromatic N) is 2. The molecule has 0 aliphatic heterocycles. The summed E-state index contributed by atoms with van der Waals surface area (Å²) < 4.78 is 0. The first-order valence-corrected chi connectivity index (χ1v) is 6.55. The molecule has 15 heavy (non-hydrogen) atoms. The number of hydrogen-bond acceptors (Lipinski definition) is 4. The molecule has 0 aliphatic carbocycles. The Morgan fingerprint density at radius 2 is 2.27 bits per heavy atom. The number of aryl methyl sites for hydroxylation is 1. The number of aromatic amines is 1. The second kappa shape index (κ2) is 6.85. The fraction of sp³-hybridized carbons (Fsp3) is 0.800. The first-order valence-electron chi connectivity index (χ1n) is 5.40. The highest BCUT2D eigenvalue weighted by Crippen LogP contribution is 2.12. The predicted octanol–water partition coefficient (Wildman–Crippen LogP) is 1.59. The van der Waals surface area contributed by atoms with Gasteiger partial charge in [0.05, 0.1) is 5.75 Å². The molecule has 86 valence electrons. The van der Waals surface area contributed by atoms with Crippen molar-refractivity contribution in [1.29, 1.82) is 0 Å². The monoisotopic (exact) mass is 228 g/mol. The van der Waals surface area contributed by atoms with Gasteiger partial charge in [-0.15, -0.1) is 0 Å². The van der Waals surface area contributed by atoms with Gasteiger partial charge in [-0.05, 0) is 24.6 Å². The third-order valence-electron chi connectivity index (χ3n) is 1.87. The van der Waals surface area contributed by atoms with E-state index in [0.717, 1.165) is 36.2 Å². The van der Waals surface area contributed by atoms with Crippen molar-refractivity contribution in [1.82, 2.24) is 15.2 Å². The Hall–Kier alpha value is -0.550. The van der Waals surface area contributed by atoms with E-state index in [1.54, 1.807) is 0 Å². The predicted molar refractivity (Wildman–Crippen MR) is 64.8 cm³/mol. The molecule has 0 atom stereocenters. The highest BCUT2D eigenvalue weighted by molar-refractivity contribution is 7.98. The molecular formula is C10H20N4S. The van der Waals surface area contributed by atoms with E-state index in [-0.39, 0.29) is 0 Å². The summed E-state index contributed by atoms with van der Waals surface area (Å²) in [5, 5.41) is 7.11. The van der Waals surface area contributed by atoms with Crippen molar-refractivity contribution in [2.24, 2.45) is 11.7 Å². The summed E-state index contributed by atoms with van der Waals surface area (Å²) >= 11 is 1.89. The highest BCUT2D eigenvalue weighted by Gasteiger charge is 2.03. The first-order chi connectivity index (χ1) is 7.22. The van der Waals surface area contributed by atoms with E-state index in [1.807, 2.05) is 11.8 Å². The minimum Gasteiger partial charge on any atom is -0.330 e. The number of aromatic nitrogens is 3. The Morgan fingerprint density at radius 1 is 1.47 bits per heavy atom. The number of thioether (sulfide) groups is 1. The highest BCUT2D eigenvalue weighted by atomic mass is 32.2. The molecule has 0 unspecified atom stereocenters. The van der Waals surface area contributed by atoms with Crippen LogP contribution in [0.3, 0.4) is 0 Å². The zero-order valence-electron chi connectivity index (χ0n) is 9.49. The van der Waals surface area contributed by atoms with Crippen molar-refractivity contribution in [3.63, 3.8) is 0 Å². The zero-order chi connectivity index (χ0) is 11.1. The van der Waals surface area contributed by atoms with Gasteiger partial charge in [0.1, 0.15) is 5.82 Å². The lowest BCUT2D eigenvalue weighted by Gasteiger charge is -2.01. The molecule has 1 heterocycles. The van der Waals surface area contributed by atoms with Gasteiger partial charge in [-0.3, -0.25) is 5.10 Å². The molecular weight excluding hydrogens is 208 g/mol. The average Bonchev–Trinajstić information content (AvgIpc) is 2.62. The van der Waals surface area contributed by atoms with Crippen LogP contribution in [-0.4, -0.2) is 27.5 Å². The topological polar surface area (TPSA) is 67.6 Å². The van der Waals surface area contributed by atoms with Gasteiger partial charge in [0.25, 0.3) is 0 Å². The largest absolute Gasteiger partial charge is 0.330 e. The maximum absolute atomic E-state index is 5.43. The average molecular weight is 228 g/mol. The molecule has 0 saturated heterocycles. The van der Waals surface area contributed by atoms with Crippen LogP contribution in [0.15, 0.2) is 0 Å². The summed E-state index contributed by atoms with van der Waals surface area (Å²) in [6.45, 7) is 5.14. The van der Waals surface area contributed by atoms with E-state index < -0.39 is 0 Å². The Bertz CT molecular complexity index is 272. The molecule has 0 spiro atoms. The van der Waals surface area contributed by atoms with Crippen molar-refractivity contribution >= 4 is 11.8 Å². The third kappa shape index (κ3) is 5.18. The number of nitrogens with one attached hydrogen (secondary N) is 1. The molecule has 0 bridgehead atoms. The summed E-state index contributed by atoms with van der Waals surface area (Å²) in [4.78, 5) is 4.40. The third-order valence-corrected chi connectivity index (χ3v) is 3.25. The van der Waals surface area contributed by atoms with E-state index in [2.05, 4.69) is 29.0 Å². The molecule has 3 N–H and O–H groups in total. The summed E-state index contributed by atoms with van der Waals surface area (Å²) in [7, 11) is 0. The molecule has 0 saturated carbocycles. The smallest absolute Gasteiger partial charge is 0.150 e. The van der Waals surface area contributed by atoms with Crippen LogP contribution in [0.1, 0.15) is 31.9 Å². The maximum atomic E-state index is 5.43. The summed E-state index contributed by atoms with van der Waals surface area (Å²) in [6.07, 6.45) is 1.83. The van der Waals surface area contributed by atoms with Gasteiger partial charge in [-0.25, -0.2) is 4.98 Å². The van der Waals surface area contributed by atoms with E-state index in [1.165, 1.54) is 5.75 Å². The Morgan fingerprint density at radius 3 is 2.93 bits per heavy atom. The SMILES string of the molecule is CC(C)CSCc1nc(CCCN)n[nH]1. The number of hydrogen-bond donors (Lipinski definition) is 2. The summed E-state index contributed by atoms with van der Waals surface area (Å²) in [5.74, 6) is 4.69. The van der Waals surface area contributed by atoms with Crippen molar-refractivity contribution in [2.45, 2.75) is 32.4 Å². The van der Waals surface area contributed by atoms with E-state index >= 15 is 0 Å². The van der Waals surface area contributed by atoms with E-state index in [9.17, 15) is 0 Å². The summed E-state index contributed by atoms with van der Waals surface area (Å²) in [5.41, 5.74) is 5.43. The van der Waals surface area contributed by atoms with Crippen molar-refractivity contribution in [3.8, 4) is 0 Å². The van der Waals surface area contributed by atoms with E-state index in [4.69, 9.17) is 5.73 Å². The lowest BCUT2D eigenvalue weighted by molar-refractivity contribution is 0.750. The summed E-state index contributed by atoms with van der Waals surface area (Å²) in [6, 6.07) is 0. The van der Waals surface area contributed by atoms with Gasteiger partial charge in [-0.2, -0.15) is 16.9 Å². The number of rotatable bonds is 7. The lowest BCUT2D eigenvalue weighted by Crippen LogP contribution is -2.01. The molecule has 5 heteroatoms. The lowest BCUT2D eigenvalue weighted by atomic mass is 10.3. The molecule has 1 aromatic heterocycles. The van der Waals surface area contributed by atoms with Crippen LogP contribution in [0.2, 0.25) is 0 Å². The Kier molecular flexibility index (Phi) is 5.71. The van der Waals surface area contributed by atoms with Crippen molar-refractivity contribution < 1.29 is 0 Å². The van der Waals surface area contributed by atoms with Crippen LogP contribution in [0.25, 0.3) is 0 Å². The fourth-order valence-electron chi connectivity index (χ4n) is 1.16. The number of H-pyrrole nitrogens is 1. The van der Waals surface area contributed by atoms with Crippen LogP contribution in [-0.2, 0) is 12.2 Å². The molecule has 4 nitrogen and oxygen atoms in total. The van der Waals surface area contributed by atoms with Gasteiger partial charge < -0.3 is 5.73 Å². The quantitative estimate of drug-likeness (QED) is 0.743. The van der Waals surface area contributed by atoms with Gasteiger partial charge in [0.15, 0.2) is 5.82 Å². The zero-order valence-corrected chi connectivity index (χ0v) is 10.3. The fourth-order valence-corrected chi connectivity index (χ4v) is 2.07. The van der Waals surface area contributed by atoms with Crippen LogP contribution in [0.5, 0.6) is 0 Å². The first kappa shape index (κ1) is 12.5. The molecule has 0 fully saturated rings. The number of nitrogens with two attached hydrogens (primary N) is 1. The van der Waals surface area contributed by atoms with Crippen molar-refractivity contribution in [3.05, 3.63) is 11.6 Å². The van der Waals surface area contributed by atoms with Crippen molar-refractivity contribution in [2.75, 3.05) is 12.3 Å². The second-order valence-electron chi connectivity index (χ2n) is 4.00. The molecule has 0 aliphatic rings. The standard InChI is InChI=1S/C10H20N4S/c1-8(2)6-15-7-10-12-9(13-14-10)4-3-5-11/h8H,3-7,11H2,1-2H3,(H,12,13,14). The molecule has 1 aromatic rings. The van der Waals surface area contributed by atoms with Crippen LogP contribution < -0.4 is 5.73 Å². The van der Waals surface area contributed by atoms with Gasteiger partial charge >= 0.3 is 0 Å². The molecule has 0 amide bonds. The Labute approximate surface area is 95.4 Å². The second-order valence-corrected chi connectivity index (χ2v) is 5.03. The normalized spacial score (nSPS) is 11.2. The Balaban J connectivity index is 2.26. The molecule has 0 aromatic carbocycles.